The van der Waals surface area contributed by atoms with Crippen molar-refractivity contribution >= 4 is 21.8 Å². The second kappa shape index (κ2) is 6.26. The van der Waals surface area contributed by atoms with Crippen molar-refractivity contribution in [1.29, 1.82) is 0 Å². The van der Waals surface area contributed by atoms with Crippen LogP contribution < -0.4 is 5.32 Å². The third-order valence-corrected chi connectivity index (χ3v) is 3.04. The monoisotopic (exact) mass is 317 g/mol. The molecule has 0 radical (unpaired) electrons. The topological polar surface area (TPSA) is 47.6 Å². The van der Waals surface area contributed by atoms with E-state index in [1.165, 1.54) is 12.1 Å². The Morgan fingerprint density at radius 3 is 3.00 bits per heavy atom. The number of rotatable bonds is 3. The first-order chi connectivity index (χ1) is 8.66. The van der Waals surface area contributed by atoms with E-state index in [2.05, 4.69) is 21.2 Å². The van der Waals surface area contributed by atoms with Gasteiger partial charge in [0.25, 0.3) is 5.91 Å². The smallest absolute Gasteiger partial charge is 0.254 e. The van der Waals surface area contributed by atoms with Crippen molar-refractivity contribution in [2.45, 2.75) is 6.10 Å². The highest BCUT2D eigenvalue weighted by atomic mass is 79.9. The van der Waals surface area contributed by atoms with E-state index in [4.69, 9.17) is 9.47 Å². The van der Waals surface area contributed by atoms with Gasteiger partial charge in [0.05, 0.1) is 31.5 Å². The maximum Gasteiger partial charge on any atom is 0.254 e. The first-order valence-electron chi connectivity index (χ1n) is 5.59. The number of nitrogens with one attached hydrogen (secondary N) is 1. The van der Waals surface area contributed by atoms with Crippen LogP contribution in [0.1, 0.15) is 10.4 Å². The molecule has 2 rings (SSSR count). The van der Waals surface area contributed by atoms with Crippen LogP contribution in [0.4, 0.5) is 4.39 Å². The van der Waals surface area contributed by atoms with Crippen LogP contribution in [0.2, 0.25) is 0 Å². The molecule has 0 aromatic heterocycles. The van der Waals surface area contributed by atoms with Gasteiger partial charge in [-0.1, -0.05) is 15.9 Å². The summed E-state index contributed by atoms with van der Waals surface area (Å²) in [7, 11) is 0. The lowest BCUT2D eigenvalue weighted by Gasteiger charge is -2.23. The Bertz CT molecular complexity index is 435. The molecule has 1 N–H and O–H groups in total. The number of ether oxygens (including phenoxy) is 2. The van der Waals surface area contributed by atoms with Gasteiger partial charge in [-0.25, -0.2) is 4.39 Å². The third-order valence-electron chi connectivity index (χ3n) is 2.55. The molecule has 1 aromatic rings. The Kier molecular flexibility index (Phi) is 4.68. The largest absolute Gasteiger partial charge is 0.376 e. The molecule has 0 aliphatic carbocycles. The average Bonchev–Trinajstić information content (AvgIpc) is 2.37. The van der Waals surface area contributed by atoms with Crippen LogP contribution in [0.3, 0.4) is 0 Å². The number of hydrogen-bond donors (Lipinski definition) is 1. The standard InChI is InChI=1S/C12H13BrFNO3/c13-8-1-2-10(11(14)5-8)12(16)15-6-9-7-17-3-4-18-9/h1-2,5,9H,3-4,6-7H2,(H,15,16). The molecule has 0 saturated carbocycles. The van der Waals surface area contributed by atoms with E-state index < -0.39 is 11.7 Å². The van der Waals surface area contributed by atoms with Gasteiger partial charge >= 0.3 is 0 Å². The Labute approximate surface area is 113 Å². The van der Waals surface area contributed by atoms with Crippen molar-refractivity contribution in [1.82, 2.24) is 5.32 Å². The van der Waals surface area contributed by atoms with E-state index in [-0.39, 0.29) is 11.7 Å². The van der Waals surface area contributed by atoms with E-state index >= 15 is 0 Å². The summed E-state index contributed by atoms with van der Waals surface area (Å²) in [4.78, 5) is 11.8. The van der Waals surface area contributed by atoms with Crippen molar-refractivity contribution < 1.29 is 18.7 Å². The molecule has 18 heavy (non-hydrogen) atoms. The fourth-order valence-electron chi connectivity index (χ4n) is 1.63. The normalized spacial score (nSPS) is 19.6. The lowest BCUT2D eigenvalue weighted by Crippen LogP contribution is -2.39. The molecule has 0 bridgehead atoms. The lowest BCUT2D eigenvalue weighted by atomic mass is 10.2. The molecule has 1 heterocycles. The summed E-state index contributed by atoms with van der Waals surface area (Å²) < 4.78 is 24.7. The maximum atomic E-state index is 13.5. The number of carbonyl (C=O) groups is 1. The molecule has 1 fully saturated rings. The molecule has 6 heteroatoms. The Morgan fingerprint density at radius 2 is 2.33 bits per heavy atom. The summed E-state index contributed by atoms with van der Waals surface area (Å²) in [6, 6.07) is 4.32. The van der Waals surface area contributed by atoms with Crippen molar-refractivity contribution in [2.75, 3.05) is 26.4 Å². The second-order valence-electron chi connectivity index (χ2n) is 3.90. The van der Waals surface area contributed by atoms with Crippen LogP contribution in [0.15, 0.2) is 22.7 Å². The molecule has 4 nitrogen and oxygen atoms in total. The maximum absolute atomic E-state index is 13.5. The van der Waals surface area contributed by atoms with Gasteiger partial charge in [-0.15, -0.1) is 0 Å². The van der Waals surface area contributed by atoms with E-state index in [1.807, 2.05) is 0 Å². The SMILES string of the molecule is O=C(NCC1COCCO1)c1ccc(Br)cc1F. The number of carbonyl (C=O) groups excluding carboxylic acids is 1. The Balaban J connectivity index is 1.90. The second-order valence-corrected chi connectivity index (χ2v) is 4.82. The molecule has 1 saturated heterocycles. The van der Waals surface area contributed by atoms with Gasteiger partial charge in [0.15, 0.2) is 0 Å². The van der Waals surface area contributed by atoms with Crippen molar-refractivity contribution in [3.8, 4) is 0 Å². The zero-order chi connectivity index (χ0) is 13.0. The minimum atomic E-state index is -0.553. The number of halogens is 2. The van der Waals surface area contributed by atoms with Gasteiger partial charge in [-0.3, -0.25) is 4.79 Å². The minimum Gasteiger partial charge on any atom is -0.376 e. The Morgan fingerprint density at radius 1 is 1.50 bits per heavy atom. The van der Waals surface area contributed by atoms with Gasteiger partial charge in [-0.05, 0) is 18.2 Å². The average molecular weight is 318 g/mol. The zero-order valence-electron chi connectivity index (χ0n) is 9.62. The summed E-state index contributed by atoms with van der Waals surface area (Å²) in [5.74, 6) is -1.00. The quantitative estimate of drug-likeness (QED) is 0.923. The number of amides is 1. The summed E-state index contributed by atoms with van der Waals surface area (Å²) in [6.07, 6.45) is -0.166. The molecule has 1 aliphatic rings. The molecule has 1 aromatic carbocycles. The summed E-state index contributed by atoms with van der Waals surface area (Å²) in [5, 5.41) is 2.63. The van der Waals surface area contributed by atoms with Crippen LogP contribution >= 0.6 is 15.9 Å². The van der Waals surface area contributed by atoms with Crippen LogP contribution in [-0.2, 0) is 9.47 Å². The first-order valence-corrected chi connectivity index (χ1v) is 6.38. The minimum absolute atomic E-state index is 0.0231. The van der Waals surface area contributed by atoms with E-state index in [0.717, 1.165) is 0 Å². The first kappa shape index (κ1) is 13.5. The molecular weight excluding hydrogens is 305 g/mol. The molecule has 1 unspecified atom stereocenters. The predicted octanol–water partition coefficient (Wildman–Crippen LogP) is 1.73. The predicted molar refractivity (Wildman–Crippen MR) is 67.0 cm³/mol. The van der Waals surface area contributed by atoms with Gasteiger partial charge in [-0.2, -0.15) is 0 Å². The van der Waals surface area contributed by atoms with E-state index in [1.54, 1.807) is 6.07 Å². The molecule has 0 spiro atoms. The van der Waals surface area contributed by atoms with Crippen LogP contribution in [0.5, 0.6) is 0 Å². The summed E-state index contributed by atoms with van der Waals surface area (Å²) >= 11 is 3.14. The number of benzene rings is 1. The van der Waals surface area contributed by atoms with Gasteiger partial charge < -0.3 is 14.8 Å². The number of hydrogen-bond acceptors (Lipinski definition) is 3. The zero-order valence-corrected chi connectivity index (χ0v) is 11.2. The van der Waals surface area contributed by atoms with Crippen LogP contribution in [0.25, 0.3) is 0 Å². The highest BCUT2D eigenvalue weighted by Gasteiger charge is 2.17. The fourth-order valence-corrected chi connectivity index (χ4v) is 1.96. The summed E-state index contributed by atoms with van der Waals surface area (Å²) in [5.41, 5.74) is 0.0231. The van der Waals surface area contributed by atoms with Crippen molar-refractivity contribution in [2.24, 2.45) is 0 Å². The van der Waals surface area contributed by atoms with Gasteiger partial charge in [0, 0.05) is 11.0 Å². The third kappa shape index (κ3) is 3.51. The van der Waals surface area contributed by atoms with Crippen molar-refractivity contribution in [3.63, 3.8) is 0 Å². The van der Waals surface area contributed by atoms with E-state index in [9.17, 15) is 9.18 Å². The molecule has 98 valence electrons. The lowest BCUT2D eigenvalue weighted by molar-refractivity contribution is -0.0855. The highest BCUT2D eigenvalue weighted by Crippen LogP contribution is 2.15. The van der Waals surface area contributed by atoms with Gasteiger partial charge in [0.1, 0.15) is 5.82 Å². The molecular formula is C12H13BrFNO3. The van der Waals surface area contributed by atoms with E-state index in [0.29, 0.717) is 30.8 Å². The highest BCUT2D eigenvalue weighted by molar-refractivity contribution is 9.10. The summed E-state index contributed by atoms with van der Waals surface area (Å²) in [6.45, 7) is 1.86. The van der Waals surface area contributed by atoms with Crippen molar-refractivity contribution in [3.05, 3.63) is 34.1 Å². The molecule has 1 amide bonds. The van der Waals surface area contributed by atoms with Gasteiger partial charge in [0.2, 0.25) is 0 Å². The Hall–Kier alpha value is -0.980. The molecule has 1 aliphatic heterocycles. The fraction of sp³-hybridized carbons (Fsp3) is 0.417. The van der Waals surface area contributed by atoms with Crippen LogP contribution in [-0.4, -0.2) is 38.4 Å². The molecule has 1 atom stereocenters. The van der Waals surface area contributed by atoms with Crippen LogP contribution in [0, 0.1) is 5.82 Å².